The molecule has 150 valence electrons. The Morgan fingerprint density at radius 3 is 2.33 bits per heavy atom. The van der Waals surface area contributed by atoms with E-state index < -0.39 is 32.5 Å². The van der Waals surface area contributed by atoms with Crippen LogP contribution in [-0.4, -0.2) is 57.3 Å². The molecule has 1 heterocycles. The third-order valence-corrected chi connectivity index (χ3v) is 7.52. The summed E-state index contributed by atoms with van der Waals surface area (Å²) in [5.41, 5.74) is 4.13. The van der Waals surface area contributed by atoms with E-state index >= 15 is 0 Å². The second-order valence-corrected chi connectivity index (χ2v) is 9.47. The number of nitrogens with one attached hydrogen (secondary N) is 2. The Hall–Kier alpha value is -2.19. The molecule has 0 saturated carbocycles. The van der Waals surface area contributed by atoms with Gasteiger partial charge in [0.25, 0.3) is 0 Å². The van der Waals surface area contributed by atoms with Crippen LogP contribution >= 0.6 is 0 Å². The molecule has 2 N–H and O–H groups in total. The van der Waals surface area contributed by atoms with Crippen LogP contribution in [0.1, 0.15) is 18.5 Å². The summed E-state index contributed by atoms with van der Waals surface area (Å²) >= 11 is 0. The fourth-order valence-electron chi connectivity index (χ4n) is 2.28. The van der Waals surface area contributed by atoms with Crippen LogP contribution in [0.15, 0.2) is 42.1 Å². The van der Waals surface area contributed by atoms with E-state index in [1.54, 1.807) is 42.0 Å². The second-order valence-electron chi connectivity index (χ2n) is 5.58. The van der Waals surface area contributed by atoms with Gasteiger partial charge in [-0.05, 0) is 18.6 Å². The van der Waals surface area contributed by atoms with Crippen molar-refractivity contribution in [3.05, 3.63) is 47.7 Å². The fraction of sp³-hybridized carbons (Fsp3) is 0.357. The Morgan fingerprint density at radius 1 is 1.19 bits per heavy atom. The van der Waals surface area contributed by atoms with Crippen LogP contribution in [0.25, 0.3) is 0 Å². The molecular formula is C14H21N5O6S2. The monoisotopic (exact) mass is 419 g/mol. The molecular weight excluding hydrogens is 398 g/mol. The number of allylic oxidation sites excluding steroid dienone is 1. The van der Waals surface area contributed by atoms with Gasteiger partial charge in [0.15, 0.2) is 0 Å². The largest absolute Gasteiger partial charge is 0.351 e. The van der Waals surface area contributed by atoms with Crippen LogP contribution in [0, 0.1) is 0 Å². The van der Waals surface area contributed by atoms with E-state index in [4.69, 9.17) is 0 Å². The first-order chi connectivity index (χ1) is 12.5. The molecule has 0 radical (unpaired) electrons. The van der Waals surface area contributed by atoms with Crippen LogP contribution in [0.2, 0.25) is 0 Å². The summed E-state index contributed by atoms with van der Waals surface area (Å²) in [6.07, 6.45) is 1.74. The van der Waals surface area contributed by atoms with Crippen LogP contribution in [-0.2, 0) is 25.3 Å². The number of rotatable bonds is 6. The van der Waals surface area contributed by atoms with E-state index in [2.05, 4.69) is 10.3 Å². The molecule has 0 bridgehead atoms. The van der Waals surface area contributed by atoms with E-state index in [-0.39, 0.29) is 3.71 Å². The van der Waals surface area contributed by atoms with E-state index in [0.29, 0.717) is 10.2 Å². The molecule has 0 aromatic heterocycles. The topological polar surface area (TPSA) is 128 Å². The van der Waals surface area contributed by atoms with Crippen molar-refractivity contribution in [1.82, 2.24) is 23.3 Å². The summed E-state index contributed by atoms with van der Waals surface area (Å²) in [6.45, 7) is 1.71. The second kappa shape index (κ2) is 7.82. The van der Waals surface area contributed by atoms with E-state index in [1.807, 2.05) is 6.07 Å². The fourth-order valence-corrected chi connectivity index (χ4v) is 4.63. The van der Waals surface area contributed by atoms with Gasteiger partial charge in [-0.2, -0.15) is 16.8 Å². The standard InChI is InChI=1S/C14H21N5O6S2/c1-11-10-13(12-8-6-5-7-9-12)19(15-11)14(20)16-26(21,22)18(3)27(23,24)17(2)25-4/h5-10,13,15H,1-4H3,(H,16,20). The first-order valence-electron chi connectivity index (χ1n) is 7.63. The number of carbonyl (C=O) groups is 1. The van der Waals surface area contributed by atoms with Gasteiger partial charge in [-0.15, -0.1) is 0 Å². The lowest BCUT2D eigenvalue weighted by atomic mass is 10.1. The molecule has 2 amide bonds. The van der Waals surface area contributed by atoms with Gasteiger partial charge in [0.05, 0.1) is 7.11 Å². The van der Waals surface area contributed by atoms with Crippen molar-refractivity contribution in [2.45, 2.75) is 13.0 Å². The van der Waals surface area contributed by atoms with Gasteiger partial charge in [-0.1, -0.05) is 38.5 Å². The highest BCUT2D eigenvalue weighted by molar-refractivity contribution is 8.02. The van der Waals surface area contributed by atoms with Crippen LogP contribution in [0.3, 0.4) is 0 Å². The minimum Gasteiger partial charge on any atom is -0.298 e. The number of hydrogen-bond donors (Lipinski definition) is 2. The van der Waals surface area contributed by atoms with Crippen molar-refractivity contribution < 1.29 is 26.5 Å². The Morgan fingerprint density at radius 2 is 1.78 bits per heavy atom. The first kappa shape index (κ1) is 21.1. The van der Waals surface area contributed by atoms with Gasteiger partial charge in [0, 0.05) is 19.8 Å². The number of amides is 2. The average molecular weight is 419 g/mol. The molecule has 1 unspecified atom stereocenters. The molecule has 11 nitrogen and oxygen atoms in total. The Bertz CT molecular complexity index is 932. The maximum Gasteiger partial charge on any atom is 0.351 e. The highest BCUT2D eigenvalue weighted by Gasteiger charge is 2.38. The first-order valence-corrected chi connectivity index (χ1v) is 10.5. The number of carbonyl (C=O) groups excluding carboxylic acids is 1. The lowest BCUT2D eigenvalue weighted by molar-refractivity contribution is -0.0290. The number of hydroxylamine groups is 1. The van der Waals surface area contributed by atoms with Gasteiger partial charge in [0.1, 0.15) is 6.04 Å². The van der Waals surface area contributed by atoms with E-state index in [1.165, 1.54) is 0 Å². The van der Waals surface area contributed by atoms with Crippen molar-refractivity contribution in [3.63, 3.8) is 0 Å². The molecule has 1 aromatic rings. The van der Waals surface area contributed by atoms with Crippen LogP contribution in [0.4, 0.5) is 4.79 Å². The van der Waals surface area contributed by atoms with Crippen LogP contribution in [0.5, 0.6) is 0 Å². The van der Waals surface area contributed by atoms with Crippen molar-refractivity contribution in [2.24, 2.45) is 0 Å². The number of urea groups is 1. The summed E-state index contributed by atoms with van der Waals surface area (Å²) in [6, 6.07) is 7.32. The Kier molecular flexibility index (Phi) is 6.11. The molecule has 1 aliphatic heterocycles. The van der Waals surface area contributed by atoms with Crippen LogP contribution < -0.4 is 10.1 Å². The van der Waals surface area contributed by atoms with Gasteiger partial charge < -0.3 is 0 Å². The third kappa shape index (κ3) is 4.39. The molecule has 1 atom stereocenters. The summed E-state index contributed by atoms with van der Waals surface area (Å²) in [4.78, 5) is 17.1. The third-order valence-electron chi connectivity index (χ3n) is 3.80. The molecule has 1 aliphatic rings. The number of hydrogen-bond acceptors (Lipinski definition) is 7. The minimum atomic E-state index is -4.71. The van der Waals surface area contributed by atoms with Gasteiger partial charge >= 0.3 is 26.4 Å². The summed E-state index contributed by atoms with van der Waals surface area (Å²) < 4.78 is 51.0. The lowest BCUT2D eigenvalue weighted by Crippen LogP contribution is -2.53. The lowest BCUT2D eigenvalue weighted by Gasteiger charge is -2.27. The predicted molar refractivity (Wildman–Crippen MR) is 96.8 cm³/mol. The van der Waals surface area contributed by atoms with Crippen molar-refractivity contribution in [1.29, 1.82) is 0 Å². The van der Waals surface area contributed by atoms with Gasteiger partial charge in [-0.25, -0.2) is 14.5 Å². The predicted octanol–water partition coefficient (Wildman–Crippen LogP) is 0.0759. The van der Waals surface area contributed by atoms with E-state index in [9.17, 15) is 21.6 Å². The molecule has 0 fully saturated rings. The molecule has 27 heavy (non-hydrogen) atoms. The normalized spacial score (nSPS) is 17.8. The average Bonchev–Trinajstić information content (AvgIpc) is 3.02. The summed E-state index contributed by atoms with van der Waals surface area (Å²) in [5, 5.41) is 1.06. The molecule has 1 aromatic carbocycles. The Balaban J connectivity index is 2.23. The number of nitrogens with zero attached hydrogens (tertiary/aromatic N) is 3. The quantitative estimate of drug-likeness (QED) is 0.625. The smallest absolute Gasteiger partial charge is 0.298 e. The maximum atomic E-state index is 12.5. The SMILES string of the molecule is CON(C)S(=O)(=O)N(C)S(=O)(=O)NC(=O)N1NC(C)=CC1c1ccccc1. The van der Waals surface area contributed by atoms with Gasteiger partial charge in [-0.3, -0.25) is 10.3 Å². The van der Waals surface area contributed by atoms with Crippen molar-refractivity contribution >= 4 is 26.4 Å². The molecule has 0 saturated heterocycles. The molecule has 0 aliphatic carbocycles. The summed E-state index contributed by atoms with van der Waals surface area (Å²) in [5.74, 6) is 0. The van der Waals surface area contributed by atoms with Crippen molar-refractivity contribution in [3.8, 4) is 0 Å². The number of benzene rings is 1. The zero-order valence-electron chi connectivity index (χ0n) is 15.1. The Labute approximate surface area is 158 Å². The molecule has 2 rings (SSSR count). The van der Waals surface area contributed by atoms with Crippen molar-refractivity contribution in [2.75, 3.05) is 21.2 Å². The number of hydrazine groups is 1. The zero-order valence-corrected chi connectivity index (χ0v) is 16.8. The van der Waals surface area contributed by atoms with Gasteiger partial charge in [0.2, 0.25) is 0 Å². The summed E-state index contributed by atoms with van der Waals surface area (Å²) in [7, 11) is -6.35. The minimum absolute atomic E-state index is 0.00921. The molecule has 13 heteroatoms. The zero-order chi connectivity index (χ0) is 20.4. The highest BCUT2D eigenvalue weighted by atomic mass is 32.3. The highest BCUT2D eigenvalue weighted by Crippen LogP contribution is 2.27. The molecule has 0 spiro atoms. The van der Waals surface area contributed by atoms with E-state index in [0.717, 1.165) is 31.8 Å². The maximum absolute atomic E-state index is 12.5.